The zero-order valence-corrected chi connectivity index (χ0v) is 12.0. The maximum atomic E-state index is 12.0. The number of hydrogen-bond donors (Lipinski definition) is 0. The van der Waals surface area contributed by atoms with Crippen LogP contribution in [0.3, 0.4) is 0 Å². The summed E-state index contributed by atoms with van der Waals surface area (Å²) in [5.41, 5.74) is 0.558. The SMILES string of the molecule is CSc1ccc(C=C(C#N)C(=O)C(C)(C)C)cc1. The van der Waals surface area contributed by atoms with E-state index < -0.39 is 5.41 Å². The van der Waals surface area contributed by atoms with E-state index in [2.05, 4.69) is 0 Å². The summed E-state index contributed by atoms with van der Waals surface area (Å²) in [5.74, 6) is -0.126. The molecule has 1 aromatic carbocycles. The van der Waals surface area contributed by atoms with Crippen LogP contribution in [0, 0.1) is 16.7 Å². The van der Waals surface area contributed by atoms with E-state index in [4.69, 9.17) is 5.26 Å². The largest absolute Gasteiger partial charge is 0.293 e. The maximum Gasteiger partial charge on any atom is 0.178 e. The molecule has 0 spiro atoms. The Morgan fingerprint density at radius 3 is 2.22 bits per heavy atom. The molecule has 0 radical (unpaired) electrons. The average Bonchev–Trinajstić information content (AvgIpc) is 2.34. The van der Waals surface area contributed by atoms with Crippen molar-refractivity contribution in [3.8, 4) is 6.07 Å². The third kappa shape index (κ3) is 3.75. The Kier molecular flexibility index (Phi) is 4.75. The molecular weight excluding hydrogens is 242 g/mol. The standard InChI is InChI=1S/C15H17NOS/c1-15(2,3)14(17)12(10-16)9-11-5-7-13(18-4)8-6-11/h5-9H,1-4H3. The van der Waals surface area contributed by atoms with Gasteiger partial charge < -0.3 is 0 Å². The van der Waals surface area contributed by atoms with Crippen LogP contribution >= 0.6 is 11.8 Å². The van der Waals surface area contributed by atoms with Crippen LogP contribution in [0.2, 0.25) is 0 Å². The zero-order valence-electron chi connectivity index (χ0n) is 11.2. The van der Waals surface area contributed by atoms with E-state index in [0.717, 1.165) is 10.5 Å². The number of nitrogens with zero attached hydrogens (tertiary/aromatic N) is 1. The van der Waals surface area contributed by atoms with Crippen molar-refractivity contribution >= 4 is 23.6 Å². The molecular formula is C15H17NOS. The highest BCUT2D eigenvalue weighted by Gasteiger charge is 2.24. The summed E-state index contributed by atoms with van der Waals surface area (Å²) in [4.78, 5) is 13.2. The molecule has 0 amide bonds. The highest BCUT2D eigenvalue weighted by molar-refractivity contribution is 7.98. The van der Waals surface area contributed by atoms with Crippen molar-refractivity contribution < 1.29 is 4.79 Å². The second-order valence-corrected chi connectivity index (χ2v) is 5.90. The fraction of sp³-hybridized carbons (Fsp3) is 0.333. The highest BCUT2D eigenvalue weighted by atomic mass is 32.2. The molecule has 0 aliphatic heterocycles. The molecule has 0 heterocycles. The highest BCUT2D eigenvalue weighted by Crippen LogP contribution is 2.22. The molecule has 18 heavy (non-hydrogen) atoms. The van der Waals surface area contributed by atoms with Gasteiger partial charge in [0.2, 0.25) is 0 Å². The minimum Gasteiger partial charge on any atom is -0.293 e. The van der Waals surface area contributed by atoms with Crippen LogP contribution in [0.1, 0.15) is 26.3 Å². The van der Waals surface area contributed by atoms with E-state index in [9.17, 15) is 4.79 Å². The molecule has 0 saturated heterocycles. The van der Waals surface area contributed by atoms with Crippen LogP contribution in [0.5, 0.6) is 0 Å². The number of benzene rings is 1. The van der Waals surface area contributed by atoms with Gasteiger partial charge in [0.05, 0.1) is 5.57 Å². The molecule has 94 valence electrons. The van der Waals surface area contributed by atoms with Gasteiger partial charge in [-0.1, -0.05) is 32.9 Å². The van der Waals surface area contributed by atoms with Gasteiger partial charge in [0, 0.05) is 10.3 Å². The number of allylic oxidation sites excluding steroid dienone is 1. The van der Waals surface area contributed by atoms with Gasteiger partial charge in [-0.25, -0.2) is 0 Å². The van der Waals surface area contributed by atoms with E-state index in [1.807, 2.05) is 57.4 Å². The molecule has 1 rings (SSSR count). The van der Waals surface area contributed by atoms with Gasteiger partial charge in [-0.05, 0) is 30.0 Å². The number of Topliss-reactive ketones (excluding diaryl/α,β-unsaturated/α-hetero) is 1. The second kappa shape index (κ2) is 5.88. The van der Waals surface area contributed by atoms with E-state index >= 15 is 0 Å². The lowest BCUT2D eigenvalue weighted by molar-refractivity contribution is -0.121. The number of carbonyl (C=O) groups is 1. The van der Waals surface area contributed by atoms with Crippen molar-refractivity contribution in [2.24, 2.45) is 5.41 Å². The number of thioether (sulfide) groups is 1. The number of ketones is 1. The second-order valence-electron chi connectivity index (χ2n) is 5.02. The summed E-state index contributed by atoms with van der Waals surface area (Å²) in [5, 5.41) is 9.08. The minimum absolute atomic E-state index is 0.126. The van der Waals surface area contributed by atoms with E-state index in [1.165, 1.54) is 0 Å². The molecule has 1 aromatic rings. The normalized spacial score (nSPS) is 12.1. The van der Waals surface area contributed by atoms with Crippen molar-refractivity contribution in [2.75, 3.05) is 6.26 Å². The monoisotopic (exact) mass is 259 g/mol. The summed E-state index contributed by atoms with van der Waals surface area (Å²) in [6, 6.07) is 9.78. The molecule has 0 atom stereocenters. The van der Waals surface area contributed by atoms with Crippen LogP contribution in [-0.4, -0.2) is 12.0 Å². The van der Waals surface area contributed by atoms with Crippen LogP contribution in [-0.2, 0) is 4.79 Å². The van der Waals surface area contributed by atoms with Crippen molar-refractivity contribution in [3.05, 3.63) is 35.4 Å². The average molecular weight is 259 g/mol. The van der Waals surface area contributed by atoms with Gasteiger partial charge in [-0.3, -0.25) is 4.79 Å². The summed E-state index contributed by atoms with van der Waals surface area (Å²) in [6.07, 6.45) is 3.66. The lowest BCUT2D eigenvalue weighted by atomic mass is 9.86. The van der Waals surface area contributed by atoms with Crippen molar-refractivity contribution in [1.82, 2.24) is 0 Å². The fourth-order valence-electron chi connectivity index (χ4n) is 1.42. The summed E-state index contributed by atoms with van der Waals surface area (Å²) in [6.45, 7) is 5.45. The first-order valence-corrected chi connectivity index (χ1v) is 6.91. The van der Waals surface area contributed by atoms with E-state index in [0.29, 0.717) is 0 Å². The van der Waals surface area contributed by atoms with Crippen LogP contribution in [0.4, 0.5) is 0 Å². The Hall–Kier alpha value is -1.53. The predicted octanol–water partition coefficient (Wildman–Crippen LogP) is 3.93. The van der Waals surface area contributed by atoms with Gasteiger partial charge in [-0.2, -0.15) is 5.26 Å². The third-order valence-corrected chi connectivity index (χ3v) is 3.22. The van der Waals surface area contributed by atoms with Crippen molar-refractivity contribution in [3.63, 3.8) is 0 Å². The Morgan fingerprint density at radius 2 is 1.83 bits per heavy atom. The number of nitriles is 1. The summed E-state index contributed by atoms with van der Waals surface area (Å²) < 4.78 is 0. The Labute approximate surface area is 113 Å². The molecule has 0 saturated carbocycles. The molecule has 0 N–H and O–H groups in total. The predicted molar refractivity (Wildman–Crippen MR) is 76.3 cm³/mol. The van der Waals surface area contributed by atoms with Gasteiger partial charge in [0.25, 0.3) is 0 Å². The van der Waals surface area contributed by atoms with Gasteiger partial charge in [0.1, 0.15) is 6.07 Å². The summed E-state index contributed by atoms with van der Waals surface area (Å²) in [7, 11) is 0. The van der Waals surface area contributed by atoms with Gasteiger partial charge in [0.15, 0.2) is 5.78 Å². The lowest BCUT2D eigenvalue weighted by Crippen LogP contribution is -2.21. The zero-order chi connectivity index (χ0) is 13.8. The lowest BCUT2D eigenvalue weighted by Gasteiger charge is -2.15. The quantitative estimate of drug-likeness (QED) is 0.469. The molecule has 2 nitrogen and oxygen atoms in total. The van der Waals surface area contributed by atoms with E-state index in [1.54, 1.807) is 17.8 Å². The molecule has 0 aliphatic carbocycles. The molecule has 0 fully saturated rings. The Bertz CT molecular complexity index is 501. The van der Waals surface area contributed by atoms with Crippen LogP contribution in [0.15, 0.2) is 34.7 Å². The van der Waals surface area contributed by atoms with Crippen molar-refractivity contribution in [2.45, 2.75) is 25.7 Å². The number of carbonyl (C=O) groups excluding carboxylic acids is 1. The maximum absolute atomic E-state index is 12.0. The number of rotatable bonds is 3. The van der Waals surface area contributed by atoms with Gasteiger partial charge >= 0.3 is 0 Å². The molecule has 0 bridgehead atoms. The van der Waals surface area contributed by atoms with Crippen LogP contribution < -0.4 is 0 Å². The molecule has 0 aromatic heterocycles. The topological polar surface area (TPSA) is 40.9 Å². The molecule has 0 unspecified atom stereocenters. The Balaban J connectivity index is 3.05. The first-order chi connectivity index (χ1) is 8.38. The smallest absolute Gasteiger partial charge is 0.178 e. The first kappa shape index (κ1) is 14.5. The molecule has 3 heteroatoms. The number of hydrogen-bond acceptors (Lipinski definition) is 3. The summed E-state index contributed by atoms with van der Waals surface area (Å²) >= 11 is 1.66. The third-order valence-electron chi connectivity index (χ3n) is 2.47. The molecule has 0 aliphatic rings. The minimum atomic E-state index is -0.527. The van der Waals surface area contributed by atoms with Gasteiger partial charge in [-0.15, -0.1) is 11.8 Å². The van der Waals surface area contributed by atoms with Crippen LogP contribution in [0.25, 0.3) is 6.08 Å². The van der Waals surface area contributed by atoms with Crippen molar-refractivity contribution in [1.29, 1.82) is 5.26 Å². The fourth-order valence-corrected chi connectivity index (χ4v) is 1.83. The first-order valence-electron chi connectivity index (χ1n) is 5.69. The van der Waals surface area contributed by atoms with E-state index in [-0.39, 0.29) is 11.4 Å². The Morgan fingerprint density at radius 1 is 1.28 bits per heavy atom.